The first-order valence-electron chi connectivity index (χ1n) is 7.03. The number of anilines is 1. The van der Waals surface area contributed by atoms with E-state index in [9.17, 15) is 4.79 Å². The van der Waals surface area contributed by atoms with E-state index in [1.165, 1.54) is 11.1 Å². The summed E-state index contributed by atoms with van der Waals surface area (Å²) in [7, 11) is 1.62. The Morgan fingerprint density at radius 3 is 3.10 bits per heavy atom. The van der Waals surface area contributed by atoms with Gasteiger partial charge in [-0.05, 0) is 43.0 Å². The summed E-state index contributed by atoms with van der Waals surface area (Å²) in [5.74, 6) is 0.00550. The molecule has 1 aromatic carbocycles. The highest BCUT2D eigenvalue weighted by Gasteiger charge is 2.25. The second-order valence-electron chi connectivity index (χ2n) is 5.22. The second kappa shape index (κ2) is 6.72. The summed E-state index contributed by atoms with van der Waals surface area (Å²) in [6.45, 7) is 2.96. The summed E-state index contributed by atoms with van der Waals surface area (Å²) in [5.41, 5.74) is 9.14. The molecule has 5 heteroatoms. The number of ether oxygens (including phenoxy) is 1. The van der Waals surface area contributed by atoms with Crippen molar-refractivity contribution in [2.45, 2.75) is 31.8 Å². The second-order valence-corrected chi connectivity index (χ2v) is 5.22. The number of carbonyl (C=O) groups excluding carboxylic acids is 1. The number of aryl methyl sites for hydroxylation is 1. The highest BCUT2D eigenvalue weighted by molar-refractivity contribution is 5.81. The van der Waals surface area contributed by atoms with E-state index in [0.717, 1.165) is 18.5 Å². The summed E-state index contributed by atoms with van der Waals surface area (Å²) in [6.07, 6.45) is 2.02. The van der Waals surface area contributed by atoms with Crippen LogP contribution in [0.25, 0.3) is 0 Å². The van der Waals surface area contributed by atoms with Crippen LogP contribution >= 0.6 is 0 Å². The minimum atomic E-state index is -0.222. The molecule has 2 unspecified atom stereocenters. The van der Waals surface area contributed by atoms with Crippen molar-refractivity contribution in [2.24, 2.45) is 0 Å². The molecule has 0 spiro atoms. The molecule has 0 aliphatic heterocycles. The van der Waals surface area contributed by atoms with E-state index < -0.39 is 0 Å². The zero-order chi connectivity index (χ0) is 14.5. The number of amides is 1. The number of hydrogen-bond acceptors (Lipinski definition) is 4. The molecule has 4 N–H and O–H groups in total. The summed E-state index contributed by atoms with van der Waals surface area (Å²) in [6, 6.07) is 6.02. The summed E-state index contributed by atoms with van der Waals surface area (Å²) < 4.78 is 4.92. The van der Waals surface area contributed by atoms with Gasteiger partial charge >= 0.3 is 0 Å². The van der Waals surface area contributed by atoms with Crippen LogP contribution in [0.2, 0.25) is 0 Å². The number of carbonyl (C=O) groups is 1. The summed E-state index contributed by atoms with van der Waals surface area (Å²) in [4.78, 5) is 11.9. The first-order chi connectivity index (χ1) is 9.61. The monoisotopic (exact) mass is 277 g/mol. The third-order valence-electron chi connectivity index (χ3n) is 3.69. The van der Waals surface area contributed by atoms with Gasteiger partial charge in [-0.2, -0.15) is 0 Å². The standard InChI is InChI=1S/C15H23N3O2/c1-10(15(19)17-7-8-20-2)18-14-6-3-11-9-12(16)4-5-13(11)14/h4-5,9-10,14,18H,3,6-8,16H2,1-2H3,(H,17,19). The van der Waals surface area contributed by atoms with E-state index in [2.05, 4.69) is 16.7 Å². The molecule has 0 radical (unpaired) electrons. The predicted molar refractivity (Wildman–Crippen MR) is 79.4 cm³/mol. The molecule has 0 fully saturated rings. The van der Waals surface area contributed by atoms with Crippen LogP contribution in [-0.4, -0.2) is 32.2 Å². The van der Waals surface area contributed by atoms with Crippen molar-refractivity contribution >= 4 is 11.6 Å². The van der Waals surface area contributed by atoms with Crippen LogP contribution in [0.3, 0.4) is 0 Å². The predicted octanol–water partition coefficient (Wildman–Crippen LogP) is 0.997. The van der Waals surface area contributed by atoms with E-state index >= 15 is 0 Å². The van der Waals surface area contributed by atoms with Gasteiger partial charge in [0.15, 0.2) is 0 Å². The van der Waals surface area contributed by atoms with E-state index in [1.807, 2.05) is 19.1 Å². The maximum Gasteiger partial charge on any atom is 0.236 e. The van der Waals surface area contributed by atoms with Gasteiger partial charge in [0, 0.05) is 25.4 Å². The normalized spacial score (nSPS) is 18.6. The number of nitrogen functional groups attached to an aromatic ring is 1. The van der Waals surface area contributed by atoms with Crippen LogP contribution in [0.15, 0.2) is 18.2 Å². The van der Waals surface area contributed by atoms with Crippen molar-refractivity contribution in [3.8, 4) is 0 Å². The lowest BCUT2D eigenvalue weighted by Gasteiger charge is -2.20. The molecular formula is C15H23N3O2. The van der Waals surface area contributed by atoms with Crippen molar-refractivity contribution in [2.75, 3.05) is 26.0 Å². The number of fused-ring (bicyclic) bond motifs is 1. The van der Waals surface area contributed by atoms with Crippen LogP contribution in [0.4, 0.5) is 5.69 Å². The Morgan fingerprint density at radius 2 is 2.35 bits per heavy atom. The molecule has 0 heterocycles. The van der Waals surface area contributed by atoms with Gasteiger partial charge in [0.25, 0.3) is 0 Å². The van der Waals surface area contributed by atoms with Crippen molar-refractivity contribution in [3.63, 3.8) is 0 Å². The Balaban J connectivity index is 1.90. The molecule has 1 aliphatic rings. The number of hydrogen-bond donors (Lipinski definition) is 3. The number of nitrogens with two attached hydrogens (primary N) is 1. The lowest BCUT2D eigenvalue weighted by Crippen LogP contribution is -2.44. The number of nitrogens with one attached hydrogen (secondary N) is 2. The van der Waals surface area contributed by atoms with Gasteiger partial charge in [-0.25, -0.2) is 0 Å². The maximum atomic E-state index is 11.9. The highest BCUT2D eigenvalue weighted by atomic mass is 16.5. The molecule has 0 bridgehead atoms. The lowest BCUT2D eigenvalue weighted by atomic mass is 10.1. The quantitative estimate of drug-likeness (QED) is 0.535. The van der Waals surface area contributed by atoms with Gasteiger partial charge in [0.2, 0.25) is 5.91 Å². The molecule has 20 heavy (non-hydrogen) atoms. The van der Waals surface area contributed by atoms with E-state index in [4.69, 9.17) is 10.5 Å². The minimum absolute atomic E-state index is 0.00550. The van der Waals surface area contributed by atoms with Crippen LogP contribution in [0.1, 0.15) is 30.5 Å². The lowest BCUT2D eigenvalue weighted by molar-refractivity contribution is -0.123. The van der Waals surface area contributed by atoms with Gasteiger partial charge in [-0.15, -0.1) is 0 Å². The van der Waals surface area contributed by atoms with E-state index in [1.54, 1.807) is 7.11 Å². The van der Waals surface area contributed by atoms with Gasteiger partial charge in [-0.1, -0.05) is 6.07 Å². The fraction of sp³-hybridized carbons (Fsp3) is 0.533. The van der Waals surface area contributed by atoms with Crippen molar-refractivity contribution in [3.05, 3.63) is 29.3 Å². The third-order valence-corrected chi connectivity index (χ3v) is 3.69. The molecule has 5 nitrogen and oxygen atoms in total. The smallest absolute Gasteiger partial charge is 0.236 e. The Kier molecular flexibility index (Phi) is 4.98. The molecule has 0 aromatic heterocycles. The average Bonchev–Trinajstić information content (AvgIpc) is 2.81. The molecule has 1 aliphatic carbocycles. The molecule has 110 valence electrons. The third kappa shape index (κ3) is 3.49. The number of rotatable bonds is 6. The number of benzene rings is 1. The van der Waals surface area contributed by atoms with Gasteiger partial charge in [-0.3, -0.25) is 10.1 Å². The van der Waals surface area contributed by atoms with Crippen LogP contribution in [-0.2, 0) is 16.0 Å². The highest BCUT2D eigenvalue weighted by Crippen LogP contribution is 2.32. The number of methoxy groups -OCH3 is 1. The van der Waals surface area contributed by atoms with Crippen molar-refractivity contribution < 1.29 is 9.53 Å². The molecule has 1 amide bonds. The molecule has 1 aromatic rings. The summed E-state index contributed by atoms with van der Waals surface area (Å²) >= 11 is 0. The van der Waals surface area contributed by atoms with Crippen LogP contribution in [0, 0.1) is 0 Å². The van der Waals surface area contributed by atoms with E-state index in [-0.39, 0.29) is 18.0 Å². The first-order valence-corrected chi connectivity index (χ1v) is 7.03. The SMILES string of the molecule is COCCNC(=O)C(C)NC1CCc2cc(N)ccc21. The maximum absolute atomic E-state index is 11.9. The topological polar surface area (TPSA) is 76.4 Å². The van der Waals surface area contributed by atoms with Gasteiger partial charge in [0.05, 0.1) is 12.6 Å². The molecule has 2 rings (SSSR count). The van der Waals surface area contributed by atoms with Crippen molar-refractivity contribution in [1.82, 2.24) is 10.6 Å². The largest absolute Gasteiger partial charge is 0.399 e. The van der Waals surface area contributed by atoms with Crippen LogP contribution < -0.4 is 16.4 Å². The Bertz CT molecular complexity index is 476. The minimum Gasteiger partial charge on any atom is -0.399 e. The fourth-order valence-electron chi connectivity index (χ4n) is 2.62. The Labute approximate surface area is 119 Å². The van der Waals surface area contributed by atoms with Crippen LogP contribution in [0.5, 0.6) is 0 Å². The van der Waals surface area contributed by atoms with Gasteiger partial charge in [0.1, 0.15) is 0 Å². The Morgan fingerprint density at radius 1 is 1.55 bits per heavy atom. The molecular weight excluding hydrogens is 254 g/mol. The fourth-order valence-corrected chi connectivity index (χ4v) is 2.62. The van der Waals surface area contributed by atoms with E-state index in [0.29, 0.717) is 13.2 Å². The zero-order valence-electron chi connectivity index (χ0n) is 12.1. The average molecular weight is 277 g/mol. The first kappa shape index (κ1) is 14.8. The molecule has 2 atom stereocenters. The summed E-state index contributed by atoms with van der Waals surface area (Å²) in [5, 5.41) is 6.23. The van der Waals surface area contributed by atoms with Crippen molar-refractivity contribution in [1.29, 1.82) is 0 Å². The van der Waals surface area contributed by atoms with Gasteiger partial charge < -0.3 is 15.8 Å². The Hall–Kier alpha value is -1.59. The molecule has 0 saturated carbocycles. The zero-order valence-corrected chi connectivity index (χ0v) is 12.1. The molecule has 0 saturated heterocycles.